The Labute approximate surface area is 329 Å². The van der Waals surface area contributed by atoms with Gasteiger partial charge in [-0.2, -0.15) is 0 Å². The molecule has 13 nitrogen and oxygen atoms in total. The molecule has 4 aromatic carbocycles. The summed E-state index contributed by atoms with van der Waals surface area (Å²) in [7, 11) is -1.93. The van der Waals surface area contributed by atoms with Crippen molar-refractivity contribution in [1.29, 1.82) is 0 Å². The molecule has 2 aromatic heterocycles. The number of rotatable bonds is 14. The highest BCUT2D eigenvalue weighted by atomic mass is 31.2. The molecular formula is C42H43FN5O8P. The maximum atomic E-state index is 15.8. The predicted molar refractivity (Wildman–Crippen MR) is 211 cm³/mol. The molecule has 0 spiro atoms. The minimum absolute atomic E-state index is 0.0139. The lowest BCUT2D eigenvalue weighted by molar-refractivity contribution is -0.0930. The van der Waals surface area contributed by atoms with E-state index >= 15 is 4.20 Å². The molecule has 4 atom stereocenters. The molecule has 7 rings (SSSR count). The first-order chi connectivity index (χ1) is 27.4. The summed E-state index contributed by atoms with van der Waals surface area (Å²) in [5, 5.41) is 2.80. The highest BCUT2D eigenvalue weighted by Gasteiger charge is 2.46. The second-order valence-electron chi connectivity index (χ2n) is 14.3. The van der Waals surface area contributed by atoms with Gasteiger partial charge in [0.15, 0.2) is 17.0 Å². The van der Waals surface area contributed by atoms with Crippen LogP contribution in [-0.4, -0.2) is 64.1 Å². The van der Waals surface area contributed by atoms with Crippen molar-refractivity contribution in [2.75, 3.05) is 26.1 Å². The van der Waals surface area contributed by atoms with Crippen LogP contribution in [0.25, 0.3) is 11.2 Å². The monoisotopic (exact) mass is 795 g/mol. The van der Waals surface area contributed by atoms with E-state index in [1.165, 1.54) is 12.7 Å². The molecule has 1 unspecified atom stereocenters. The van der Waals surface area contributed by atoms with Gasteiger partial charge in [-0.15, -0.1) is 4.20 Å². The summed E-state index contributed by atoms with van der Waals surface area (Å²) in [5.74, 6) is 1.13. The predicted octanol–water partition coefficient (Wildman–Crippen LogP) is 8.67. The van der Waals surface area contributed by atoms with Gasteiger partial charge >= 0.3 is 7.91 Å². The summed E-state index contributed by atoms with van der Waals surface area (Å²) in [4.78, 5) is 26.2. The van der Waals surface area contributed by atoms with Crippen molar-refractivity contribution in [1.82, 2.24) is 19.5 Å². The van der Waals surface area contributed by atoms with Gasteiger partial charge in [-0.05, 0) is 73.9 Å². The quantitative estimate of drug-likeness (QED) is 0.0835. The molecule has 0 radical (unpaired) electrons. The van der Waals surface area contributed by atoms with Crippen LogP contribution in [0.1, 0.15) is 60.5 Å². The van der Waals surface area contributed by atoms with Crippen LogP contribution in [-0.2, 0) is 28.7 Å². The molecule has 296 valence electrons. The van der Waals surface area contributed by atoms with Crippen LogP contribution in [0, 0.1) is 0 Å². The average molecular weight is 796 g/mol. The summed E-state index contributed by atoms with van der Waals surface area (Å²) in [5.41, 5.74) is 1.05. The number of imidazole rings is 1. The van der Waals surface area contributed by atoms with Gasteiger partial charge in [-0.3, -0.25) is 18.4 Å². The van der Waals surface area contributed by atoms with Crippen molar-refractivity contribution >= 4 is 30.8 Å². The number of anilines is 1. The Morgan fingerprint density at radius 3 is 2.00 bits per heavy atom. The minimum Gasteiger partial charge on any atom is -0.497 e. The molecule has 57 heavy (non-hydrogen) atoms. The Morgan fingerprint density at radius 1 is 0.842 bits per heavy atom. The summed E-state index contributed by atoms with van der Waals surface area (Å²) in [6, 6.07) is 33.4. The van der Waals surface area contributed by atoms with Crippen LogP contribution >= 0.6 is 7.91 Å². The Kier molecular flexibility index (Phi) is 11.5. The van der Waals surface area contributed by atoms with Gasteiger partial charge in [0.25, 0.3) is 5.91 Å². The Bertz CT molecular complexity index is 2290. The van der Waals surface area contributed by atoms with Crippen LogP contribution in [0.5, 0.6) is 11.5 Å². The molecule has 1 fully saturated rings. The number of hydrogen-bond acceptors (Lipinski definition) is 11. The van der Waals surface area contributed by atoms with Crippen LogP contribution in [0.4, 0.5) is 10.0 Å². The zero-order chi connectivity index (χ0) is 40.2. The third kappa shape index (κ3) is 8.75. The van der Waals surface area contributed by atoms with Crippen molar-refractivity contribution in [3.05, 3.63) is 144 Å². The number of nitrogens with one attached hydrogen (secondary N) is 1. The fourth-order valence-electron chi connectivity index (χ4n) is 6.85. The Balaban J connectivity index is 1.26. The number of ether oxygens (including phenoxy) is 4. The van der Waals surface area contributed by atoms with E-state index in [2.05, 4.69) is 20.3 Å². The zero-order valence-corrected chi connectivity index (χ0v) is 33.0. The number of hydrogen-bond donors (Lipinski definition) is 1. The largest absolute Gasteiger partial charge is 0.513 e. The third-order valence-electron chi connectivity index (χ3n) is 9.40. The average Bonchev–Trinajstić information content (AvgIpc) is 3.82. The fourth-order valence-corrected chi connectivity index (χ4v) is 8.09. The molecule has 6 aromatic rings. The van der Waals surface area contributed by atoms with Crippen molar-refractivity contribution < 1.29 is 41.6 Å². The van der Waals surface area contributed by atoms with Gasteiger partial charge in [0.05, 0.1) is 32.8 Å². The van der Waals surface area contributed by atoms with E-state index < -0.39 is 37.5 Å². The SMILES string of the molecule is COc1ccc(C(OC[C@H]2O[C@@H](n3cnc4c(NC(=O)c5ccccc5)ncnc43)C[C@@H]2OP(=O)(F)OC(C)(C)C)(c2ccccc2)c2ccc(OC)cc2)cc1. The number of carbonyl (C=O) groups excluding carboxylic acids is 1. The third-order valence-corrected chi connectivity index (χ3v) is 10.7. The fraction of sp³-hybridized carbons (Fsp3) is 0.286. The molecule has 1 aliphatic heterocycles. The molecule has 0 bridgehead atoms. The normalized spacial score (nSPS) is 18.2. The molecule has 15 heteroatoms. The van der Waals surface area contributed by atoms with Gasteiger partial charge < -0.3 is 24.3 Å². The van der Waals surface area contributed by atoms with Crippen LogP contribution < -0.4 is 14.8 Å². The highest BCUT2D eigenvalue weighted by molar-refractivity contribution is 7.48. The molecule has 0 aliphatic carbocycles. The van der Waals surface area contributed by atoms with Gasteiger partial charge in [-0.1, -0.05) is 72.8 Å². The van der Waals surface area contributed by atoms with Crippen molar-refractivity contribution in [3.8, 4) is 11.5 Å². The first-order valence-corrected chi connectivity index (χ1v) is 19.7. The second-order valence-corrected chi connectivity index (χ2v) is 15.6. The highest BCUT2D eigenvalue weighted by Crippen LogP contribution is 2.56. The topological polar surface area (TPSA) is 145 Å². The van der Waals surface area contributed by atoms with E-state index in [9.17, 15) is 9.36 Å². The molecule has 1 aliphatic rings. The lowest BCUT2D eigenvalue weighted by Crippen LogP contribution is -2.38. The number of aromatic nitrogens is 4. The van der Waals surface area contributed by atoms with Gasteiger partial charge in [0, 0.05) is 12.0 Å². The molecule has 0 saturated carbocycles. The van der Waals surface area contributed by atoms with Crippen molar-refractivity contribution in [2.45, 2.75) is 56.8 Å². The molecule has 3 heterocycles. The number of amides is 1. The van der Waals surface area contributed by atoms with E-state index in [0.29, 0.717) is 28.2 Å². The first kappa shape index (κ1) is 39.7. The lowest BCUT2D eigenvalue weighted by Gasteiger charge is -2.37. The second kappa shape index (κ2) is 16.5. The standard InChI is InChI=1S/C42H43FN5O8P/c1-41(2,3)56-57(43,50)55-34-24-36(48-27-46-37-38(44-26-45-39(37)48)47-40(49)28-12-8-6-9-13-28)54-35(34)25-53-42(29-14-10-7-11-15-29,30-16-20-32(51-4)21-17-30)31-18-22-33(52-5)23-19-31/h6-23,26-27,34-36H,24-25H2,1-5H3,(H,44,45,47,49)/t34-,35+,36+,57?/m0/s1. The summed E-state index contributed by atoms with van der Waals surface area (Å²) in [6.07, 6.45) is -0.144. The molecule has 1 saturated heterocycles. The van der Waals surface area contributed by atoms with Gasteiger partial charge in [-0.25, -0.2) is 19.5 Å². The van der Waals surface area contributed by atoms with E-state index in [0.717, 1.165) is 16.7 Å². The zero-order valence-electron chi connectivity index (χ0n) is 32.1. The number of methoxy groups -OCH3 is 2. The van der Waals surface area contributed by atoms with E-state index in [4.69, 9.17) is 28.0 Å². The Morgan fingerprint density at radius 2 is 1.42 bits per heavy atom. The summed E-state index contributed by atoms with van der Waals surface area (Å²) < 4.78 is 66.3. The van der Waals surface area contributed by atoms with E-state index in [1.807, 2.05) is 84.9 Å². The number of carbonyl (C=O) groups is 1. The molecule has 1 N–H and O–H groups in total. The maximum Gasteiger partial charge on any atom is 0.513 e. The summed E-state index contributed by atoms with van der Waals surface area (Å²) >= 11 is 0. The van der Waals surface area contributed by atoms with Crippen molar-refractivity contribution in [3.63, 3.8) is 0 Å². The minimum atomic E-state index is -5.12. The molecule has 1 amide bonds. The maximum absolute atomic E-state index is 15.8. The van der Waals surface area contributed by atoms with Crippen LogP contribution in [0.2, 0.25) is 0 Å². The number of fused-ring (bicyclic) bond motifs is 1. The van der Waals surface area contributed by atoms with Gasteiger partial charge in [0.1, 0.15) is 41.9 Å². The Hall–Kier alpha value is -5.50. The smallest absolute Gasteiger partial charge is 0.497 e. The van der Waals surface area contributed by atoms with Gasteiger partial charge in [0.2, 0.25) is 0 Å². The van der Waals surface area contributed by atoms with Crippen LogP contribution in [0.15, 0.2) is 122 Å². The number of nitrogens with zero attached hydrogens (tertiary/aromatic N) is 4. The van der Waals surface area contributed by atoms with Crippen LogP contribution in [0.3, 0.4) is 0 Å². The van der Waals surface area contributed by atoms with E-state index in [-0.39, 0.29) is 24.8 Å². The lowest BCUT2D eigenvalue weighted by atomic mass is 9.80. The first-order valence-electron chi connectivity index (χ1n) is 18.3. The van der Waals surface area contributed by atoms with E-state index in [1.54, 1.807) is 63.8 Å². The molecular weight excluding hydrogens is 752 g/mol. The number of halogens is 1. The summed E-state index contributed by atoms with van der Waals surface area (Å²) in [6.45, 7) is 4.59. The van der Waals surface area contributed by atoms with Crippen molar-refractivity contribution in [2.24, 2.45) is 0 Å². The number of benzene rings is 4.